The van der Waals surface area contributed by atoms with Crippen LogP contribution in [0.4, 0.5) is 10.1 Å². The van der Waals surface area contributed by atoms with Crippen LogP contribution < -0.4 is 10.5 Å². The van der Waals surface area contributed by atoms with Gasteiger partial charge in [-0.1, -0.05) is 19.9 Å². The minimum atomic E-state index is -0.771. The fraction of sp³-hybridized carbons (Fsp3) is 0.294. The molecule has 0 radical (unpaired) electrons. The number of halogens is 1. The molecule has 1 aromatic heterocycles. The maximum absolute atomic E-state index is 14.5. The fourth-order valence-corrected chi connectivity index (χ4v) is 2.19. The summed E-state index contributed by atoms with van der Waals surface area (Å²) in [6.07, 6.45) is 1.29. The number of nitriles is 1. The van der Waals surface area contributed by atoms with E-state index in [1.165, 1.54) is 30.0 Å². The van der Waals surface area contributed by atoms with Crippen molar-refractivity contribution in [3.05, 3.63) is 41.5 Å². The number of para-hydroxylation sites is 1. The van der Waals surface area contributed by atoms with Gasteiger partial charge in [0, 0.05) is 6.20 Å². The second-order valence-electron chi connectivity index (χ2n) is 5.57. The largest absolute Gasteiger partial charge is 0.491 e. The van der Waals surface area contributed by atoms with Gasteiger partial charge in [-0.05, 0) is 18.1 Å². The first-order valence-corrected chi connectivity index (χ1v) is 7.31. The van der Waals surface area contributed by atoms with Crippen LogP contribution in [0.2, 0.25) is 0 Å². The Kier molecular flexibility index (Phi) is 5.09. The molecule has 24 heavy (non-hydrogen) atoms. The molecule has 0 bridgehead atoms. The molecule has 126 valence electrons. The van der Waals surface area contributed by atoms with Crippen molar-refractivity contribution in [3.8, 4) is 17.5 Å². The molecule has 1 heterocycles. The first-order chi connectivity index (χ1) is 11.4. The predicted octanol–water partition coefficient (Wildman–Crippen LogP) is 2.89. The number of nitrogens with two attached hydrogens (primary N) is 1. The first kappa shape index (κ1) is 17.3. The normalized spacial score (nSPS) is 10.5. The van der Waals surface area contributed by atoms with Crippen LogP contribution in [0.25, 0.3) is 5.69 Å². The molecule has 0 fully saturated rings. The second-order valence-corrected chi connectivity index (χ2v) is 5.57. The van der Waals surface area contributed by atoms with Crippen LogP contribution in [-0.4, -0.2) is 24.3 Å². The fourth-order valence-electron chi connectivity index (χ4n) is 2.19. The molecule has 0 unspecified atom stereocenters. The minimum absolute atomic E-state index is 0.00625. The lowest BCUT2D eigenvalue weighted by atomic mass is 10.2. The van der Waals surface area contributed by atoms with Crippen LogP contribution in [0.5, 0.6) is 5.75 Å². The number of rotatable bonds is 5. The van der Waals surface area contributed by atoms with Crippen LogP contribution in [-0.2, 0) is 4.74 Å². The van der Waals surface area contributed by atoms with E-state index in [0.29, 0.717) is 6.61 Å². The topological polar surface area (TPSA) is 90.3 Å². The molecule has 6 nitrogen and oxygen atoms in total. The number of methoxy groups -OCH3 is 1. The standard InChI is InChI=1S/C17H18FN3O3/c1-10(2)9-24-13-6-4-5-12(18)15(13)21-8-11(7-19)14(20)16(21)17(22)23-3/h4-6,8,10H,9,20H2,1-3H3. The lowest BCUT2D eigenvalue weighted by molar-refractivity contribution is 0.0593. The highest BCUT2D eigenvalue weighted by atomic mass is 19.1. The van der Waals surface area contributed by atoms with Crippen LogP contribution in [0.1, 0.15) is 29.9 Å². The first-order valence-electron chi connectivity index (χ1n) is 7.31. The van der Waals surface area contributed by atoms with Gasteiger partial charge in [-0.25, -0.2) is 9.18 Å². The quantitative estimate of drug-likeness (QED) is 0.851. The molecule has 7 heteroatoms. The van der Waals surface area contributed by atoms with E-state index < -0.39 is 11.8 Å². The number of nitrogens with zero attached hydrogens (tertiary/aromatic N) is 2. The summed E-state index contributed by atoms with van der Waals surface area (Å²) in [5.41, 5.74) is 5.71. The van der Waals surface area contributed by atoms with Crippen molar-refractivity contribution in [1.29, 1.82) is 5.26 Å². The number of benzene rings is 1. The number of hydrogen-bond donors (Lipinski definition) is 1. The summed E-state index contributed by atoms with van der Waals surface area (Å²) in [5.74, 6) is -0.910. The number of hydrogen-bond acceptors (Lipinski definition) is 5. The van der Waals surface area contributed by atoms with Gasteiger partial charge in [-0.3, -0.25) is 0 Å². The highest BCUT2D eigenvalue weighted by molar-refractivity contribution is 5.96. The Bertz CT molecular complexity index is 806. The van der Waals surface area contributed by atoms with Gasteiger partial charge in [0.1, 0.15) is 17.5 Å². The monoisotopic (exact) mass is 331 g/mol. The molecule has 2 N–H and O–H groups in total. The zero-order valence-electron chi connectivity index (χ0n) is 13.7. The summed E-state index contributed by atoms with van der Waals surface area (Å²) < 4.78 is 26.0. The van der Waals surface area contributed by atoms with Crippen LogP contribution in [0.15, 0.2) is 24.4 Å². The zero-order valence-corrected chi connectivity index (χ0v) is 13.7. The number of nitrogen functional groups attached to an aromatic ring is 1. The Morgan fingerprint density at radius 2 is 2.17 bits per heavy atom. The average molecular weight is 331 g/mol. The second kappa shape index (κ2) is 7.04. The Labute approximate surface area is 139 Å². The zero-order chi connectivity index (χ0) is 17.9. The molecule has 0 saturated heterocycles. The van der Waals surface area contributed by atoms with Gasteiger partial charge in [-0.15, -0.1) is 0 Å². The third-order valence-electron chi connectivity index (χ3n) is 3.31. The minimum Gasteiger partial charge on any atom is -0.491 e. The highest BCUT2D eigenvalue weighted by Crippen LogP contribution is 2.32. The molecule has 1 aromatic carbocycles. The average Bonchev–Trinajstić information content (AvgIpc) is 2.88. The van der Waals surface area contributed by atoms with Gasteiger partial charge in [0.15, 0.2) is 11.5 Å². The molecule has 0 saturated carbocycles. The lowest BCUT2D eigenvalue weighted by Crippen LogP contribution is -2.14. The highest BCUT2D eigenvalue weighted by Gasteiger charge is 2.25. The number of aromatic nitrogens is 1. The Hall–Kier alpha value is -3.01. The van der Waals surface area contributed by atoms with Crippen molar-refractivity contribution in [2.24, 2.45) is 5.92 Å². The molecule has 0 amide bonds. The predicted molar refractivity (Wildman–Crippen MR) is 86.5 cm³/mol. The van der Waals surface area contributed by atoms with E-state index in [4.69, 9.17) is 20.5 Å². The molecule has 0 spiro atoms. The van der Waals surface area contributed by atoms with Gasteiger partial charge in [-0.2, -0.15) is 5.26 Å². The molecule has 0 aliphatic heterocycles. The molecular formula is C17H18FN3O3. The van der Waals surface area contributed by atoms with E-state index in [1.54, 1.807) is 6.07 Å². The maximum Gasteiger partial charge on any atom is 0.357 e. The summed E-state index contributed by atoms with van der Waals surface area (Å²) in [4.78, 5) is 12.1. The molecular weight excluding hydrogens is 313 g/mol. The van der Waals surface area contributed by atoms with E-state index in [1.807, 2.05) is 19.9 Å². The molecule has 0 aliphatic carbocycles. The van der Waals surface area contributed by atoms with E-state index in [-0.39, 0.29) is 34.3 Å². The Morgan fingerprint density at radius 1 is 1.46 bits per heavy atom. The maximum atomic E-state index is 14.5. The van der Waals surface area contributed by atoms with Gasteiger partial charge in [0.2, 0.25) is 0 Å². The van der Waals surface area contributed by atoms with Crippen molar-refractivity contribution in [1.82, 2.24) is 4.57 Å². The van der Waals surface area contributed by atoms with Crippen molar-refractivity contribution in [3.63, 3.8) is 0 Å². The van der Waals surface area contributed by atoms with Gasteiger partial charge >= 0.3 is 5.97 Å². The summed E-state index contributed by atoms with van der Waals surface area (Å²) >= 11 is 0. The van der Waals surface area contributed by atoms with Crippen molar-refractivity contribution >= 4 is 11.7 Å². The van der Waals surface area contributed by atoms with Crippen LogP contribution in [0.3, 0.4) is 0 Å². The molecule has 2 aromatic rings. The van der Waals surface area contributed by atoms with E-state index in [2.05, 4.69) is 0 Å². The number of carbonyl (C=O) groups is 1. The van der Waals surface area contributed by atoms with Gasteiger partial charge in [0.05, 0.1) is 25.0 Å². The number of carbonyl (C=O) groups excluding carboxylic acids is 1. The Balaban J connectivity index is 2.68. The number of anilines is 1. The van der Waals surface area contributed by atoms with Crippen molar-refractivity contribution < 1.29 is 18.7 Å². The van der Waals surface area contributed by atoms with E-state index in [0.717, 1.165) is 0 Å². The number of esters is 1. The third-order valence-corrected chi connectivity index (χ3v) is 3.31. The van der Waals surface area contributed by atoms with Gasteiger partial charge in [0.25, 0.3) is 0 Å². The van der Waals surface area contributed by atoms with Crippen molar-refractivity contribution in [2.45, 2.75) is 13.8 Å². The molecule has 0 aliphatic rings. The van der Waals surface area contributed by atoms with Gasteiger partial charge < -0.3 is 19.8 Å². The lowest BCUT2D eigenvalue weighted by Gasteiger charge is -2.16. The SMILES string of the molecule is COC(=O)c1c(N)c(C#N)cn1-c1c(F)cccc1OCC(C)C. The third kappa shape index (κ3) is 3.18. The molecule has 2 rings (SSSR count). The smallest absolute Gasteiger partial charge is 0.357 e. The summed E-state index contributed by atoms with van der Waals surface area (Å²) in [6.45, 7) is 4.28. The van der Waals surface area contributed by atoms with Crippen LogP contribution >= 0.6 is 0 Å². The van der Waals surface area contributed by atoms with Crippen molar-refractivity contribution in [2.75, 3.05) is 19.5 Å². The summed E-state index contributed by atoms with van der Waals surface area (Å²) in [5, 5.41) is 9.15. The Morgan fingerprint density at radius 3 is 2.75 bits per heavy atom. The number of ether oxygens (including phenoxy) is 2. The summed E-state index contributed by atoms with van der Waals surface area (Å²) in [6, 6.07) is 6.21. The summed E-state index contributed by atoms with van der Waals surface area (Å²) in [7, 11) is 1.18. The van der Waals surface area contributed by atoms with Crippen LogP contribution in [0, 0.1) is 23.1 Å². The van der Waals surface area contributed by atoms with E-state index in [9.17, 15) is 9.18 Å². The molecule has 0 atom stereocenters. The van der Waals surface area contributed by atoms with E-state index >= 15 is 0 Å².